The summed E-state index contributed by atoms with van der Waals surface area (Å²) in [4.78, 5) is 10.8. The van der Waals surface area contributed by atoms with Crippen LogP contribution in [0, 0.1) is 5.92 Å². The number of alkyl halides is 3. The summed E-state index contributed by atoms with van der Waals surface area (Å²) in [5, 5.41) is 9.06. The number of halogens is 3. The van der Waals surface area contributed by atoms with Crippen LogP contribution in [0.3, 0.4) is 0 Å². The number of hydrogen-bond acceptors (Lipinski definition) is 3. The Bertz CT molecular complexity index is 712. The smallest absolute Gasteiger partial charge is 0.391 e. The Morgan fingerprint density at radius 3 is 2.58 bits per heavy atom. The normalized spacial score (nSPS) is 22.5. The van der Waals surface area contributed by atoms with E-state index in [-0.39, 0.29) is 36.4 Å². The van der Waals surface area contributed by atoms with Gasteiger partial charge < -0.3 is 9.67 Å². The highest BCUT2D eigenvalue weighted by Gasteiger charge is 2.43. The van der Waals surface area contributed by atoms with E-state index in [9.17, 15) is 26.4 Å². The lowest BCUT2D eigenvalue weighted by molar-refractivity contribution is -0.183. The molecule has 0 radical (unpaired) electrons. The number of aromatic carboxylic acids is 1. The molecule has 1 aromatic heterocycles. The molecule has 0 amide bonds. The van der Waals surface area contributed by atoms with Crippen molar-refractivity contribution in [3.8, 4) is 0 Å². The van der Waals surface area contributed by atoms with E-state index in [1.54, 1.807) is 6.92 Å². The molecule has 1 saturated carbocycles. The Balaban J connectivity index is 2.18. The van der Waals surface area contributed by atoms with Gasteiger partial charge in [0.25, 0.3) is 0 Å². The number of aromatic nitrogens is 1. The topological polar surface area (TPSA) is 88.4 Å². The van der Waals surface area contributed by atoms with Gasteiger partial charge in [-0.2, -0.15) is 13.2 Å². The molecule has 0 unspecified atom stereocenters. The second-order valence-corrected chi connectivity index (χ2v) is 7.59. The maximum Gasteiger partial charge on any atom is 0.391 e. The molecular weight excluding hydrogens is 349 g/mol. The van der Waals surface area contributed by atoms with E-state index in [0.29, 0.717) is 6.42 Å². The van der Waals surface area contributed by atoms with E-state index in [1.807, 2.05) is 0 Å². The van der Waals surface area contributed by atoms with Gasteiger partial charge in [0.15, 0.2) is 0 Å². The van der Waals surface area contributed by atoms with Crippen molar-refractivity contribution in [3.63, 3.8) is 0 Å². The van der Waals surface area contributed by atoms with Crippen molar-refractivity contribution in [1.82, 2.24) is 9.29 Å². The van der Waals surface area contributed by atoms with E-state index in [4.69, 9.17) is 5.11 Å². The molecule has 1 aliphatic rings. The van der Waals surface area contributed by atoms with Crippen molar-refractivity contribution < 1.29 is 31.5 Å². The van der Waals surface area contributed by atoms with Crippen LogP contribution in [-0.2, 0) is 16.6 Å². The molecule has 136 valence electrons. The monoisotopic (exact) mass is 368 g/mol. The Labute approximate surface area is 137 Å². The fourth-order valence-electron chi connectivity index (χ4n) is 2.95. The third-order valence-electron chi connectivity index (χ3n) is 4.20. The molecule has 2 atom stereocenters. The lowest BCUT2D eigenvalue weighted by Gasteiger charge is -2.30. The van der Waals surface area contributed by atoms with Crippen LogP contribution in [-0.4, -0.2) is 36.3 Å². The first-order valence-corrected chi connectivity index (χ1v) is 9.05. The van der Waals surface area contributed by atoms with Crippen LogP contribution in [0.25, 0.3) is 0 Å². The van der Waals surface area contributed by atoms with Gasteiger partial charge in [-0.1, -0.05) is 6.42 Å². The number of carboxylic acids is 1. The molecule has 2 rings (SSSR count). The van der Waals surface area contributed by atoms with Crippen LogP contribution >= 0.6 is 0 Å². The largest absolute Gasteiger partial charge is 0.477 e. The van der Waals surface area contributed by atoms with E-state index in [1.165, 1.54) is 10.8 Å². The van der Waals surface area contributed by atoms with Gasteiger partial charge in [-0.3, -0.25) is 0 Å². The molecule has 1 aliphatic carbocycles. The average molecular weight is 368 g/mol. The summed E-state index contributed by atoms with van der Waals surface area (Å²) >= 11 is 0. The molecule has 0 saturated heterocycles. The van der Waals surface area contributed by atoms with Gasteiger partial charge in [-0.25, -0.2) is 17.9 Å². The van der Waals surface area contributed by atoms with Gasteiger partial charge >= 0.3 is 12.1 Å². The summed E-state index contributed by atoms with van der Waals surface area (Å²) in [7, 11) is -4.08. The predicted octanol–water partition coefficient (Wildman–Crippen LogP) is 2.61. The van der Waals surface area contributed by atoms with E-state index < -0.39 is 34.1 Å². The summed E-state index contributed by atoms with van der Waals surface area (Å²) in [5.74, 6) is -2.79. The van der Waals surface area contributed by atoms with Gasteiger partial charge in [-0.05, 0) is 32.3 Å². The number of sulfonamides is 1. The van der Waals surface area contributed by atoms with Crippen molar-refractivity contribution in [2.45, 2.75) is 56.3 Å². The zero-order valence-electron chi connectivity index (χ0n) is 13.0. The molecule has 0 aromatic carbocycles. The fraction of sp³-hybridized carbons (Fsp3) is 0.643. The summed E-state index contributed by atoms with van der Waals surface area (Å²) in [6, 6.07) is 0.201. The third kappa shape index (κ3) is 4.10. The minimum absolute atomic E-state index is 0.00288. The first kappa shape index (κ1) is 18.8. The highest BCUT2D eigenvalue weighted by molar-refractivity contribution is 7.89. The summed E-state index contributed by atoms with van der Waals surface area (Å²) in [6.45, 7) is 1.92. The number of nitrogens with one attached hydrogen (secondary N) is 1. The van der Waals surface area contributed by atoms with E-state index >= 15 is 0 Å². The van der Waals surface area contributed by atoms with E-state index in [0.717, 1.165) is 6.07 Å². The van der Waals surface area contributed by atoms with Crippen molar-refractivity contribution in [1.29, 1.82) is 0 Å². The molecule has 0 aliphatic heterocycles. The fourth-order valence-corrected chi connectivity index (χ4v) is 4.27. The highest BCUT2D eigenvalue weighted by Crippen LogP contribution is 2.37. The lowest BCUT2D eigenvalue weighted by atomic mass is 9.86. The molecule has 6 nitrogen and oxygen atoms in total. The van der Waals surface area contributed by atoms with Crippen LogP contribution in [0.5, 0.6) is 0 Å². The molecule has 10 heteroatoms. The molecule has 1 fully saturated rings. The average Bonchev–Trinajstić information content (AvgIpc) is 2.91. The SMILES string of the molecule is CCn1cc(S(=O)(=O)N[C@H]2CCC[C@H](C(F)(F)F)C2)cc1C(=O)O. The standard InChI is InChI=1S/C14H19F3N2O4S/c1-2-19-8-11(7-12(19)13(20)21)24(22,23)18-10-5-3-4-9(6-10)14(15,16)17/h7-10,18H,2-6H2,1H3,(H,20,21)/t9-,10-/m0/s1. The first-order chi connectivity index (χ1) is 11.0. The zero-order chi connectivity index (χ0) is 18.1. The Kier molecular flexibility index (Phi) is 5.28. The maximum absolute atomic E-state index is 12.8. The van der Waals surface area contributed by atoms with Gasteiger partial charge in [0.1, 0.15) is 10.6 Å². The van der Waals surface area contributed by atoms with Gasteiger partial charge in [0.05, 0.1) is 5.92 Å². The number of carboxylic acid groups (broad SMARTS) is 1. The number of aryl methyl sites for hydroxylation is 1. The summed E-state index contributed by atoms with van der Waals surface area (Å²) in [5.41, 5.74) is -0.185. The molecule has 1 aromatic rings. The number of hydrogen-bond donors (Lipinski definition) is 2. The quantitative estimate of drug-likeness (QED) is 0.836. The van der Waals surface area contributed by atoms with Crippen LogP contribution in [0.1, 0.15) is 43.1 Å². The first-order valence-electron chi connectivity index (χ1n) is 7.57. The summed E-state index contributed by atoms with van der Waals surface area (Å²) < 4.78 is 66.7. The Hall–Kier alpha value is -1.55. The van der Waals surface area contributed by atoms with Crippen LogP contribution in [0.4, 0.5) is 13.2 Å². The third-order valence-corrected chi connectivity index (χ3v) is 5.69. The second-order valence-electron chi connectivity index (χ2n) is 5.88. The molecule has 1 heterocycles. The minimum atomic E-state index is -4.34. The van der Waals surface area contributed by atoms with E-state index in [2.05, 4.69) is 4.72 Å². The summed E-state index contributed by atoms with van der Waals surface area (Å²) in [6.07, 6.45) is -2.86. The number of nitrogens with zero attached hydrogens (tertiary/aromatic N) is 1. The lowest BCUT2D eigenvalue weighted by Crippen LogP contribution is -2.41. The number of carbonyl (C=O) groups is 1. The highest BCUT2D eigenvalue weighted by atomic mass is 32.2. The number of rotatable bonds is 5. The Morgan fingerprint density at radius 1 is 1.42 bits per heavy atom. The van der Waals surface area contributed by atoms with Crippen molar-refractivity contribution in [3.05, 3.63) is 18.0 Å². The molecule has 24 heavy (non-hydrogen) atoms. The van der Waals surface area contributed by atoms with Gasteiger partial charge in [0.2, 0.25) is 10.0 Å². The molecule has 0 bridgehead atoms. The Morgan fingerprint density at radius 2 is 2.08 bits per heavy atom. The second kappa shape index (κ2) is 6.75. The van der Waals surface area contributed by atoms with Crippen LogP contribution in [0.2, 0.25) is 0 Å². The minimum Gasteiger partial charge on any atom is -0.477 e. The maximum atomic E-state index is 12.8. The predicted molar refractivity (Wildman–Crippen MR) is 79.2 cm³/mol. The molecule has 2 N–H and O–H groups in total. The molecular formula is C14H19F3N2O4S. The van der Waals surface area contributed by atoms with Gasteiger partial charge in [0, 0.05) is 18.8 Å². The zero-order valence-corrected chi connectivity index (χ0v) is 13.8. The van der Waals surface area contributed by atoms with Crippen LogP contribution < -0.4 is 4.72 Å². The van der Waals surface area contributed by atoms with Crippen molar-refractivity contribution in [2.24, 2.45) is 5.92 Å². The van der Waals surface area contributed by atoms with Crippen molar-refractivity contribution in [2.75, 3.05) is 0 Å². The molecule has 0 spiro atoms. The van der Waals surface area contributed by atoms with Gasteiger partial charge in [-0.15, -0.1) is 0 Å². The van der Waals surface area contributed by atoms with Crippen LogP contribution in [0.15, 0.2) is 17.2 Å². The van der Waals surface area contributed by atoms with Crippen molar-refractivity contribution >= 4 is 16.0 Å².